The quantitative estimate of drug-likeness (QED) is 0.372. The summed E-state index contributed by atoms with van der Waals surface area (Å²) in [6, 6.07) is -0.488. The van der Waals surface area contributed by atoms with Crippen molar-refractivity contribution in [2.24, 2.45) is 0 Å². The van der Waals surface area contributed by atoms with Gasteiger partial charge in [0.15, 0.2) is 0 Å². The number of nitrogens with zero attached hydrogens (tertiary/aromatic N) is 1. The molecule has 1 amide bonds. The Morgan fingerprint density at radius 3 is 2.71 bits per heavy atom. The molecular weight excluding hydrogens is 270 g/mol. The van der Waals surface area contributed by atoms with E-state index >= 15 is 0 Å². The first kappa shape index (κ1) is 17.5. The van der Waals surface area contributed by atoms with Gasteiger partial charge in [-0.25, -0.2) is 9.59 Å². The molecule has 5 nitrogen and oxygen atoms in total. The molecule has 120 valence electrons. The molecule has 0 unspecified atom stereocenters. The van der Waals surface area contributed by atoms with Crippen LogP contribution in [0, 0.1) is 0 Å². The fourth-order valence-electron chi connectivity index (χ4n) is 2.42. The molecule has 0 aromatic rings. The second-order valence-electron chi connectivity index (χ2n) is 5.30. The van der Waals surface area contributed by atoms with Gasteiger partial charge in [0, 0.05) is 6.54 Å². The van der Waals surface area contributed by atoms with Crippen LogP contribution in [-0.4, -0.2) is 42.8 Å². The summed E-state index contributed by atoms with van der Waals surface area (Å²) in [7, 11) is 0. The molecule has 1 rings (SSSR count). The van der Waals surface area contributed by atoms with E-state index in [9.17, 15) is 9.59 Å². The first-order chi connectivity index (χ1) is 10.2. The highest BCUT2D eigenvalue weighted by Gasteiger charge is 2.36. The smallest absolute Gasteiger partial charge is 0.410 e. The highest BCUT2D eigenvalue weighted by molar-refractivity contribution is 5.82. The second kappa shape index (κ2) is 10.2. The fraction of sp³-hybridized carbons (Fsp3) is 0.750. The summed E-state index contributed by atoms with van der Waals surface area (Å²) in [5.41, 5.74) is 0. The number of unbranched alkanes of at least 4 members (excludes halogenated alkanes) is 4. The molecule has 0 aromatic heterocycles. The average molecular weight is 297 g/mol. The predicted octanol–water partition coefficient (Wildman–Crippen LogP) is 3.29. The summed E-state index contributed by atoms with van der Waals surface area (Å²) in [6.07, 6.45) is 8.07. The van der Waals surface area contributed by atoms with Crippen LogP contribution in [0.5, 0.6) is 0 Å². The second-order valence-corrected chi connectivity index (χ2v) is 5.30. The van der Waals surface area contributed by atoms with Gasteiger partial charge in [-0.3, -0.25) is 4.90 Å². The van der Waals surface area contributed by atoms with Gasteiger partial charge in [-0.05, 0) is 19.3 Å². The van der Waals surface area contributed by atoms with Gasteiger partial charge in [0.2, 0.25) is 0 Å². The van der Waals surface area contributed by atoms with Crippen molar-refractivity contribution in [1.29, 1.82) is 0 Å². The topological polar surface area (TPSA) is 55.8 Å². The lowest BCUT2D eigenvalue weighted by Crippen LogP contribution is -2.41. The van der Waals surface area contributed by atoms with Crippen LogP contribution in [0.3, 0.4) is 0 Å². The molecule has 1 fully saturated rings. The van der Waals surface area contributed by atoms with Gasteiger partial charge < -0.3 is 9.47 Å². The molecule has 5 heteroatoms. The number of likely N-dealkylation sites (tertiary alicyclic amines) is 1. The third kappa shape index (κ3) is 6.19. The van der Waals surface area contributed by atoms with Crippen LogP contribution in [0.2, 0.25) is 0 Å². The number of amides is 1. The van der Waals surface area contributed by atoms with Crippen molar-refractivity contribution in [1.82, 2.24) is 4.90 Å². The lowest BCUT2D eigenvalue weighted by Gasteiger charge is -2.22. The zero-order valence-electron chi connectivity index (χ0n) is 13.0. The highest BCUT2D eigenvalue weighted by Crippen LogP contribution is 2.19. The largest absolute Gasteiger partial charge is 0.464 e. The van der Waals surface area contributed by atoms with Crippen molar-refractivity contribution in [3.63, 3.8) is 0 Å². The van der Waals surface area contributed by atoms with E-state index in [0.717, 1.165) is 19.3 Å². The molecule has 1 aliphatic heterocycles. The Labute approximate surface area is 127 Å². The Kier molecular flexibility index (Phi) is 8.55. The maximum Gasteiger partial charge on any atom is 0.410 e. The van der Waals surface area contributed by atoms with Gasteiger partial charge in [-0.2, -0.15) is 0 Å². The molecule has 1 heterocycles. The third-order valence-corrected chi connectivity index (χ3v) is 3.58. The summed E-state index contributed by atoms with van der Waals surface area (Å²) < 4.78 is 10.3. The molecule has 0 spiro atoms. The molecule has 21 heavy (non-hydrogen) atoms. The first-order valence-electron chi connectivity index (χ1n) is 7.91. The maximum atomic E-state index is 12.0. The van der Waals surface area contributed by atoms with Gasteiger partial charge in [0.1, 0.15) is 12.6 Å². The summed E-state index contributed by atoms with van der Waals surface area (Å²) in [4.78, 5) is 25.3. The highest BCUT2D eigenvalue weighted by atomic mass is 16.6. The van der Waals surface area contributed by atoms with Crippen molar-refractivity contribution in [2.45, 2.75) is 57.9 Å². The van der Waals surface area contributed by atoms with Crippen molar-refractivity contribution in [3.05, 3.63) is 12.7 Å². The van der Waals surface area contributed by atoms with Crippen molar-refractivity contribution >= 4 is 12.1 Å². The monoisotopic (exact) mass is 297 g/mol. The Bertz CT molecular complexity index is 343. The Hall–Kier alpha value is -1.52. The van der Waals surface area contributed by atoms with Gasteiger partial charge >= 0.3 is 12.1 Å². The summed E-state index contributed by atoms with van der Waals surface area (Å²) in [6.45, 7) is 6.81. The Balaban J connectivity index is 2.28. The minimum atomic E-state index is -0.488. The third-order valence-electron chi connectivity index (χ3n) is 3.58. The minimum Gasteiger partial charge on any atom is -0.464 e. The van der Waals surface area contributed by atoms with Crippen molar-refractivity contribution < 1.29 is 19.1 Å². The Morgan fingerprint density at radius 2 is 2.00 bits per heavy atom. The SMILES string of the molecule is C=CCOC(=O)N1CCC[C@H]1C(=O)OCCCCCCC. The van der Waals surface area contributed by atoms with Gasteiger partial charge in [-0.15, -0.1) is 0 Å². The molecular formula is C16H27NO4. The van der Waals surface area contributed by atoms with Crippen LogP contribution in [0.1, 0.15) is 51.9 Å². The molecule has 1 aliphatic rings. The van der Waals surface area contributed by atoms with E-state index in [2.05, 4.69) is 13.5 Å². The van der Waals surface area contributed by atoms with Crippen molar-refractivity contribution in [2.75, 3.05) is 19.8 Å². The minimum absolute atomic E-state index is 0.161. The molecule has 1 saturated heterocycles. The van der Waals surface area contributed by atoms with E-state index in [1.54, 1.807) is 0 Å². The number of carbonyl (C=O) groups excluding carboxylic acids is 2. The van der Waals surface area contributed by atoms with Crippen LogP contribution < -0.4 is 0 Å². The zero-order valence-corrected chi connectivity index (χ0v) is 13.0. The summed E-state index contributed by atoms with van der Waals surface area (Å²) >= 11 is 0. The van der Waals surface area contributed by atoms with E-state index in [0.29, 0.717) is 19.6 Å². The van der Waals surface area contributed by atoms with Crippen molar-refractivity contribution in [3.8, 4) is 0 Å². The lowest BCUT2D eigenvalue weighted by molar-refractivity contribution is -0.148. The van der Waals surface area contributed by atoms with Crippen LogP contribution >= 0.6 is 0 Å². The summed E-state index contributed by atoms with van der Waals surface area (Å²) in [5.74, 6) is -0.307. The molecule has 0 N–H and O–H groups in total. The van der Waals surface area contributed by atoms with E-state index in [1.807, 2.05) is 0 Å². The lowest BCUT2D eigenvalue weighted by atomic mass is 10.2. The number of carbonyl (C=O) groups is 2. The number of rotatable bonds is 9. The van der Waals surface area contributed by atoms with Gasteiger partial charge in [0.05, 0.1) is 6.61 Å². The molecule has 0 bridgehead atoms. The number of hydrogen-bond donors (Lipinski definition) is 0. The Morgan fingerprint density at radius 1 is 1.24 bits per heavy atom. The number of ether oxygens (including phenoxy) is 2. The van der Waals surface area contributed by atoms with Gasteiger partial charge in [0.25, 0.3) is 0 Å². The van der Waals surface area contributed by atoms with E-state index in [1.165, 1.54) is 30.2 Å². The van der Waals surface area contributed by atoms with E-state index in [4.69, 9.17) is 9.47 Å². The molecule has 0 saturated carbocycles. The molecule has 1 atom stereocenters. The average Bonchev–Trinajstić information content (AvgIpc) is 2.97. The standard InChI is InChI=1S/C16H27NO4/c1-3-5-6-7-8-13-20-15(18)14-10-9-11-17(14)16(19)21-12-4-2/h4,14H,2-3,5-13H2,1H3/t14-/m0/s1. The van der Waals surface area contributed by atoms with E-state index in [-0.39, 0.29) is 12.6 Å². The van der Waals surface area contributed by atoms with E-state index < -0.39 is 12.1 Å². The zero-order chi connectivity index (χ0) is 15.5. The van der Waals surface area contributed by atoms with Crippen LogP contribution in [0.4, 0.5) is 4.79 Å². The fourth-order valence-corrected chi connectivity index (χ4v) is 2.42. The molecule has 0 aliphatic carbocycles. The number of hydrogen-bond acceptors (Lipinski definition) is 4. The van der Waals surface area contributed by atoms with Crippen LogP contribution in [-0.2, 0) is 14.3 Å². The molecule has 0 aromatic carbocycles. The normalized spacial score (nSPS) is 17.6. The molecule has 0 radical (unpaired) electrons. The van der Waals surface area contributed by atoms with Gasteiger partial charge in [-0.1, -0.05) is 45.3 Å². The maximum absolute atomic E-state index is 12.0. The number of esters is 1. The predicted molar refractivity (Wildman–Crippen MR) is 81.0 cm³/mol. The summed E-state index contributed by atoms with van der Waals surface area (Å²) in [5, 5.41) is 0. The first-order valence-corrected chi connectivity index (χ1v) is 7.91. The van der Waals surface area contributed by atoms with Crippen LogP contribution in [0.15, 0.2) is 12.7 Å². The van der Waals surface area contributed by atoms with Crippen LogP contribution in [0.25, 0.3) is 0 Å².